The molecule has 21 heavy (non-hydrogen) atoms. The van der Waals surface area contributed by atoms with E-state index in [4.69, 9.17) is 0 Å². The number of thioether (sulfide) groups is 1. The summed E-state index contributed by atoms with van der Waals surface area (Å²) in [5.74, 6) is 0.911. The highest BCUT2D eigenvalue weighted by atomic mass is 32.2. The van der Waals surface area contributed by atoms with Crippen LogP contribution in [0.25, 0.3) is 15.2 Å². The largest absolute Gasteiger partial charge is 0.333 e. The quantitative estimate of drug-likeness (QED) is 0.697. The minimum atomic E-state index is 0.254. The first-order valence-corrected chi connectivity index (χ1v) is 8.76. The molecular formula is C14H14N4OS2. The third kappa shape index (κ3) is 2.30. The zero-order valence-electron chi connectivity index (χ0n) is 11.4. The second kappa shape index (κ2) is 5.31. The molecule has 0 aliphatic carbocycles. The van der Waals surface area contributed by atoms with Crippen molar-refractivity contribution in [3.63, 3.8) is 0 Å². The van der Waals surface area contributed by atoms with E-state index in [2.05, 4.69) is 26.7 Å². The Morgan fingerprint density at radius 1 is 1.24 bits per heavy atom. The summed E-state index contributed by atoms with van der Waals surface area (Å²) in [4.78, 5) is 14.7. The van der Waals surface area contributed by atoms with Crippen LogP contribution >= 0.6 is 23.1 Å². The summed E-state index contributed by atoms with van der Waals surface area (Å²) in [6, 6.07) is 8.23. The molecule has 1 aromatic carbocycles. The lowest BCUT2D eigenvalue weighted by molar-refractivity contribution is -0.132. The second-order valence-electron chi connectivity index (χ2n) is 5.06. The standard InChI is InChI=1S/C14H14N4OS2/c19-12-7-3-4-8-17(12)9-20-13-15-16-14-18(13)10-5-1-2-6-11(10)21-14/h1-2,5-6H,3-4,7-9H2. The van der Waals surface area contributed by atoms with E-state index in [0.29, 0.717) is 12.3 Å². The first-order valence-electron chi connectivity index (χ1n) is 6.96. The fraction of sp³-hybridized carbons (Fsp3) is 0.357. The lowest BCUT2D eigenvalue weighted by atomic mass is 10.1. The first-order chi connectivity index (χ1) is 10.3. The van der Waals surface area contributed by atoms with E-state index in [1.807, 2.05) is 17.0 Å². The molecule has 1 saturated heterocycles. The Hall–Kier alpha value is -1.60. The first kappa shape index (κ1) is 13.1. The van der Waals surface area contributed by atoms with Crippen LogP contribution in [-0.2, 0) is 4.79 Å². The molecule has 1 amide bonds. The van der Waals surface area contributed by atoms with Crippen LogP contribution < -0.4 is 0 Å². The van der Waals surface area contributed by atoms with E-state index in [0.717, 1.165) is 35.0 Å². The number of piperidine rings is 1. The number of likely N-dealkylation sites (tertiary alicyclic amines) is 1. The van der Waals surface area contributed by atoms with Gasteiger partial charge in [0.25, 0.3) is 0 Å². The number of aromatic nitrogens is 3. The van der Waals surface area contributed by atoms with Crippen molar-refractivity contribution < 1.29 is 4.79 Å². The van der Waals surface area contributed by atoms with Gasteiger partial charge in [0.1, 0.15) is 0 Å². The number of benzene rings is 1. The number of nitrogens with zero attached hydrogens (tertiary/aromatic N) is 4. The van der Waals surface area contributed by atoms with E-state index in [1.165, 1.54) is 4.70 Å². The van der Waals surface area contributed by atoms with Crippen molar-refractivity contribution in [1.29, 1.82) is 0 Å². The molecule has 1 fully saturated rings. The number of fused-ring (bicyclic) bond motifs is 3. The molecule has 4 rings (SSSR count). The second-order valence-corrected chi connectivity index (χ2v) is 6.98. The SMILES string of the molecule is O=C1CCCCN1CSc1nnc2sc3ccccc3n12. The van der Waals surface area contributed by atoms with Crippen LogP contribution in [0.3, 0.4) is 0 Å². The number of hydrogen-bond donors (Lipinski definition) is 0. The molecule has 0 unspecified atom stereocenters. The van der Waals surface area contributed by atoms with E-state index in [9.17, 15) is 4.79 Å². The molecule has 1 aliphatic heterocycles. The molecule has 0 bridgehead atoms. The lowest BCUT2D eigenvalue weighted by Gasteiger charge is -2.25. The van der Waals surface area contributed by atoms with E-state index < -0.39 is 0 Å². The molecule has 5 nitrogen and oxygen atoms in total. The molecule has 1 aliphatic rings. The van der Waals surface area contributed by atoms with Gasteiger partial charge in [-0.15, -0.1) is 10.2 Å². The predicted octanol–water partition coefficient (Wildman–Crippen LogP) is 3.01. The molecule has 3 aromatic rings. The van der Waals surface area contributed by atoms with E-state index in [-0.39, 0.29) is 5.91 Å². The number of para-hydroxylation sites is 1. The highest BCUT2D eigenvalue weighted by Crippen LogP contribution is 2.30. The maximum absolute atomic E-state index is 11.9. The zero-order chi connectivity index (χ0) is 14.2. The van der Waals surface area contributed by atoms with Crippen molar-refractivity contribution in [1.82, 2.24) is 19.5 Å². The van der Waals surface area contributed by atoms with Crippen LogP contribution in [0.1, 0.15) is 19.3 Å². The topological polar surface area (TPSA) is 50.5 Å². The Labute approximate surface area is 130 Å². The molecule has 0 atom stereocenters. The molecule has 7 heteroatoms. The number of amides is 1. The van der Waals surface area contributed by atoms with Crippen molar-refractivity contribution in [3.8, 4) is 0 Å². The van der Waals surface area contributed by atoms with Gasteiger partial charge in [-0.2, -0.15) is 0 Å². The third-order valence-electron chi connectivity index (χ3n) is 3.68. The van der Waals surface area contributed by atoms with Crippen molar-refractivity contribution in [3.05, 3.63) is 24.3 Å². The summed E-state index contributed by atoms with van der Waals surface area (Å²) in [5, 5.41) is 9.37. The monoisotopic (exact) mass is 318 g/mol. The fourth-order valence-electron chi connectivity index (χ4n) is 2.58. The molecule has 0 saturated carbocycles. The van der Waals surface area contributed by atoms with Gasteiger partial charge in [0, 0.05) is 13.0 Å². The summed E-state index contributed by atoms with van der Waals surface area (Å²) in [6.07, 6.45) is 2.80. The van der Waals surface area contributed by atoms with Crippen LogP contribution in [0.4, 0.5) is 0 Å². The van der Waals surface area contributed by atoms with Crippen molar-refractivity contribution in [2.45, 2.75) is 24.4 Å². The summed E-state index contributed by atoms with van der Waals surface area (Å²) in [7, 11) is 0. The Kier molecular flexibility index (Phi) is 3.31. The summed E-state index contributed by atoms with van der Waals surface area (Å²) in [5.41, 5.74) is 1.13. The highest BCUT2D eigenvalue weighted by molar-refractivity contribution is 7.99. The van der Waals surface area contributed by atoms with E-state index in [1.54, 1.807) is 23.1 Å². The molecule has 2 aromatic heterocycles. The lowest BCUT2D eigenvalue weighted by Crippen LogP contribution is -2.34. The van der Waals surface area contributed by atoms with Gasteiger partial charge in [-0.05, 0) is 25.0 Å². The fourth-order valence-corrected chi connectivity index (χ4v) is 4.56. The number of rotatable bonds is 3. The van der Waals surface area contributed by atoms with Gasteiger partial charge < -0.3 is 4.90 Å². The Balaban J connectivity index is 1.63. The number of carbonyl (C=O) groups is 1. The Bertz CT molecular complexity index is 810. The average molecular weight is 318 g/mol. The van der Waals surface area contributed by atoms with Gasteiger partial charge in [0.05, 0.1) is 16.1 Å². The van der Waals surface area contributed by atoms with Crippen LogP contribution in [0.5, 0.6) is 0 Å². The smallest absolute Gasteiger partial charge is 0.223 e. The van der Waals surface area contributed by atoms with Gasteiger partial charge >= 0.3 is 0 Å². The van der Waals surface area contributed by atoms with Crippen LogP contribution in [-0.4, -0.2) is 37.8 Å². The van der Waals surface area contributed by atoms with Crippen LogP contribution in [0.2, 0.25) is 0 Å². The molecular weight excluding hydrogens is 304 g/mol. The van der Waals surface area contributed by atoms with Crippen molar-refractivity contribution >= 4 is 44.2 Å². The Morgan fingerprint density at radius 3 is 3.05 bits per heavy atom. The number of thiazole rings is 1. The van der Waals surface area contributed by atoms with Gasteiger partial charge in [0.15, 0.2) is 5.16 Å². The maximum Gasteiger partial charge on any atom is 0.223 e. The normalized spacial score (nSPS) is 16.2. The predicted molar refractivity (Wildman–Crippen MR) is 84.7 cm³/mol. The average Bonchev–Trinajstić information content (AvgIpc) is 3.05. The number of carbonyl (C=O) groups excluding carboxylic acids is 1. The maximum atomic E-state index is 11.9. The minimum Gasteiger partial charge on any atom is -0.333 e. The zero-order valence-corrected chi connectivity index (χ0v) is 13.0. The summed E-state index contributed by atoms with van der Waals surface area (Å²) in [6.45, 7) is 0.859. The summed E-state index contributed by atoms with van der Waals surface area (Å²) >= 11 is 3.23. The number of hydrogen-bond acceptors (Lipinski definition) is 5. The van der Waals surface area contributed by atoms with Crippen molar-refractivity contribution in [2.75, 3.05) is 12.4 Å². The third-order valence-corrected chi connectivity index (χ3v) is 5.66. The molecule has 0 N–H and O–H groups in total. The molecule has 0 radical (unpaired) electrons. The van der Waals surface area contributed by atoms with Gasteiger partial charge in [0.2, 0.25) is 10.9 Å². The molecule has 108 valence electrons. The van der Waals surface area contributed by atoms with Crippen molar-refractivity contribution in [2.24, 2.45) is 0 Å². The summed E-state index contributed by atoms with van der Waals surface area (Å²) < 4.78 is 3.29. The van der Waals surface area contributed by atoms with Crippen LogP contribution in [0.15, 0.2) is 29.4 Å². The highest BCUT2D eigenvalue weighted by Gasteiger charge is 2.19. The molecule has 0 spiro atoms. The molecule has 3 heterocycles. The minimum absolute atomic E-state index is 0.254. The van der Waals surface area contributed by atoms with Gasteiger partial charge in [-0.25, -0.2) is 0 Å². The Morgan fingerprint density at radius 2 is 2.14 bits per heavy atom. The van der Waals surface area contributed by atoms with Gasteiger partial charge in [-0.3, -0.25) is 9.20 Å². The van der Waals surface area contributed by atoms with E-state index >= 15 is 0 Å². The van der Waals surface area contributed by atoms with Gasteiger partial charge in [-0.1, -0.05) is 35.2 Å². The van der Waals surface area contributed by atoms with Crippen LogP contribution in [0, 0.1) is 0 Å².